The highest BCUT2D eigenvalue weighted by Gasteiger charge is 2.22. The average Bonchev–Trinajstić information content (AvgIpc) is 3.28. The number of hydrogen-bond acceptors (Lipinski definition) is 2. The smallest absolute Gasteiger partial charge is 0.0546 e. The molecule has 0 aromatic heterocycles. The van der Waals surface area contributed by atoms with Crippen LogP contribution < -0.4 is 9.80 Å². The van der Waals surface area contributed by atoms with E-state index < -0.39 is 0 Å². The third-order valence-electron chi connectivity index (χ3n) is 10.8. The Labute approximate surface area is 327 Å². The zero-order valence-electron chi connectivity index (χ0n) is 30.8. The highest BCUT2D eigenvalue weighted by atomic mass is 15.1. The molecule has 0 fully saturated rings. The van der Waals surface area contributed by atoms with Crippen molar-refractivity contribution >= 4 is 66.4 Å². The lowest BCUT2D eigenvalue weighted by Gasteiger charge is -2.30. The summed E-state index contributed by atoms with van der Waals surface area (Å²) in [5.41, 5.74) is 11.5. The molecule has 0 aliphatic rings. The summed E-state index contributed by atoms with van der Waals surface area (Å²) in [6, 6.07) is 83.1. The van der Waals surface area contributed by atoms with E-state index in [1.807, 2.05) is 0 Å². The van der Waals surface area contributed by atoms with Gasteiger partial charge in [-0.15, -0.1) is 0 Å². The Kier molecular flexibility index (Phi) is 8.55. The van der Waals surface area contributed by atoms with Crippen molar-refractivity contribution in [3.8, 4) is 22.3 Å². The molecule has 2 nitrogen and oxygen atoms in total. The van der Waals surface area contributed by atoms with E-state index in [0.717, 1.165) is 34.1 Å². The summed E-state index contributed by atoms with van der Waals surface area (Å²) in [5, 5.41) is 7.23. The topological polar surface area (TPSA) is 6.48 Å². The quantitative estimate of drug-likeness (QED) is 0.145. The standard InChI is InChI=1S/C54H38N2/c1-5-17-39(18-6-1)41-29-33-45(34-30-41)55(43-21-9-3-10-22-43)53-37-51-48-26-14-16-28-50(48)54(38-52(51)47-25-13-15-27-49(47)53)56(44-23-11-4-12-24-44)46-35-31-42(32-36-46)40-19-7-2-8-20-40/h1-38H. The maximum absolute atomic E-state index is 2.41. The van der Waals surface area contributed by atoms with Crippen LogP contribution in [0.2, 0.25) is 0 Å². The van der Waals surface area contributed by atoms with Gasteiger partial charge < -0.3 is 9.80 Å². The molecule has 0 saturated carbocycles. The van der Waals surface area contributed by atoms with E-state index in [9.17, 15) is 0 Å². The van der Waals surface area contributed by atoms with Gasteiger partial charge in [-0.3, -0.25) is 0 Å². The van der Waals surface area contributed by atoms with Crippen molar-refractivity contribution in [1.29, 1.82) is 0 Å². The number of nitrogens with zero attached hydrogens (tertiary/aromatic N) is 2. The van der Waals surface area contributed by atoms with Gasteiger partial charge in [0.2, 0.25) is 0 Å². The Morgan fingerprint density at radius 3 is 0.821 bits per heavy atom. The summed E-state index contributed by atoms with van der Waals surface area (Å²) < 4.78 is 0. The molecule has 0 atom stereocenters. The molecule has 2 heteroatoms. The van der Waals surface area contributed by atoms with Gasteiger partial charge in [0.15, 0.2) is 0 Å². The van der Waals surface area contributed by atoms with Crippen molar-refractivity contribution in [2.45, 2.75) is 0 Å². The third-order valence-corrected chi connectivity index (χ3v) is 10.8. The van der Waals surface area contributed by atoms with E-state index in [1.54, 1.807) is 0 Å². The molecule has 0 heterocycles. The van der Waals surface area contributed by atoms with Gasteiger partial charge in [-0.1, -0.05) is 170 Å². The minimum absolute atomic E-state index is 1.11. The first-order valence-corrected chi connectivity index (χ1v) is 19.2. The van der Waals surface area contributed by atoms with E-state index in [1.165, 1.54) is 54.6 Å². The number of benzene rings is 10. The molecule has 10 aromatic carbocycles. The summed E-state index contributed by atoms with van der Waals surface area (Å²) in [5.74, 6) is 0. The second-order valence-corrected chi connectivity index (χ2v) is 14.1. The molecule has 10 aromatic rings. The van der Waals surface area contributed by atoms with Crippen LogP contribution in [0.25, 0.3) is 54.6 Å². The molecule has 0 radical (unpaired) electrons. The molecule has 0 aliphatic carbocycles. The van der Waals surface area contributed by atoms with Gasteiger partial charge >= 0.3 is 0 Å². The third kappa shape index (κ3) is 6.04. The van der Waals surface area contributed by atoms with E-state index in [-0.39, 0.29) is 0 Å². The molecule has 0 N–H and O–H groups in total. The Morgan fingerprint density at radius 2 is 0.464 bits per heavy atom. The Morgan fingerprint density at radius 1 is 0.196 bits per heavy atom. The normalized spacial score (nSPS) is 11.2. The summed E-state index contributed by atoms with van der Waals surface area (Å²) >= 11 is 0. The maximum Gasteiger partial charge on any atom is 0.0546 e. The van der Waals surface area contributed by atoms with Gasteiger partial charge in [0, 0.05) is 33.5 Å². The summed E-state index contributed by atoms with van der Waals surface area (Å²) in [6.45, 7) is 0. The van der Waals surface area contributed by atoms with E-state index in [4.69, 9.17) is 0 Å². The lowest BCUT2D eigenvalue weighted by Crippen LogP contribution is -2.11. The van der Waals surface area contributed by atoms with Crippen molar-refractivity contribution in [2.75, 3.05) is 9.80 Å². The first-order chi connectivity index (χ1) is 27.8. The van der Waals surface area contributed by atoms with Crippen LogP contribution in [0.15, 0.2) is 231 Å². The van der Waals surface area contributed by atoms with Crippen LogP contribution in [0.1, 0.15) is 0 Å². The Balaban J connectivity index is 1.20. The summed E-state index contributed by atoms with van der Waals surface area (Å²) in [4.78, 5) is 4.81. The van der Waals surface area contributed by atoms with Crippen LogP contribution in [-0.2, 0) is 0 Å². The van der Waals surface area contributed by atoms with Gasteiger partial charge in [0.05, 0.1) is 11.4 Å². The molecule has 56 heavy (non-hydrogen) atoms. The van der Waals surface area contributed by atoms with Crippen LogP contribution in [0.4, 0.5) is 34.1 Å². The van der Waals surface area contributed by atoms with Crippen molar-refractivity contribution in [1.82, 2.24) is 0 Å². The molecule has 0 bridgehead atoms. The van der Waals surface area contributed by atoms with Crippen LogP contribution >= 0.6 is 0 Å². The molecule has 0 spiro atoms. The van der Waals surface area contributed by atoms with Crippen LogP contribution in [0, 0.1) is 0 Å². The van der Waals surface area contributed by atoms with Crippen molar-refractivity contribution in [3.63, 3.8) is 0 Å². The molecule has 0 aliphatic heterocycles. The van der Waals surface area contributed by atoms with Crippen molar-refractivity contribution in [2.24, 2.45) is 0 Å². The van der Waals surface area contributed by atoms with Gasteiger partial charge in [-0.2, -0.15) is 0 Å². The highest BCUT2D eigenvalue weighted by molar-refractivity contribution is 6.24. The zero-order chi connectivity index (χ0) is 37.3. The van der Waals surface area contributed by atoms with Crippen LogP contribution in [-0.4, -0.2) is 0 Å². The molecule has 10 rings (SSSR count). The molecule has 264 valence electrons. The number of para-hydroxylation sites is 2. The molecule has 0 amide bonds. The van der Waals surface area contributed by atoms with Crippen LogP contribution in [0.3, 0.4) is 0 Å². The fourth-order valence-corrected chi connectivity index (χ4v) is 8.16. The highest BCUT2D eigenvalue weighted by Crippen LogP contribution is 2.47. The first-order valence-electron chi connectivity index (χ1n) is 19.2. The molecule has 0 saturated heterocycles. The predicted octanol–water partition coefficient (Wildman–Crippen LogP) is 15.4. The van der Waals surface area contributed by atoms with Crippen molar-refractivity contribution in [3.05, 3.63) is 231 Å². The van der Waals surface area contributed by atoms with E-state index in [2.05, 4.69) is 240 Å². The Bertz CT molecular complexity index is 2720. The minimum Gasteiger partial charge on any atom is -0.310 e. The van der Waals surface area contributed by atoms with Gasteiger partial charge in [-0.25, -0.2) is 0 Å². The second kappa shape index (κ2) is 14.4. The van der Waals surface area contributed by atoms with E-state index in [0.29, 0.717) is 0 Å². The average molecular weight is 715 g/mol. The SMILES string of the molecule is c1ccc(-c2ccc(N(c3ccccc3)c3cc4c5ccccc5c(N(c5ccccc5)c5ccc(-c6ccccc6)cc5)cc4c4ccccc34)cc2)cc1. The van der Waals surface area contributed by atoms with Gasteiger partial charge in [0.25, 0.3) is 0 Å². The molecular weight excluding hydrogens is 677 g/mol. The van der Waals surface area contributed by atoms with Crippen LogP contribution in [0.5, 0.6) is 0 Å². The fourth-order valence-electron chi connectivity index (χ4n) is 8.16. The fraction of sp³-hybridized carbons (Fsp3) is 0. The summed E-state index contributed by atoms with van der Waals surface area (Å²) in [7, 11) is 0. The number of rotatable bonds is 8. The second-order valence-electron chi connectivity index (χ2n) is 14.1. The predicted molar refractivity (Wildman–Crippen MR) is 239 cm³/mol. The number of hydrogen-bond donors (Lipinski definition) is 0. The molecular formula is C54H38N2. The summed E-state index contributed by atoms with van der Waals surface area (Å²) in [6.07, 6.45) is 0. The minimum atomic E-state index is 1.11. The number of fused-ring (bicyclic) bond motifs is 5. The number of anilines is 6. The lowest BCUT2D eigenvalue weighted by atomic mass is 9.93. The van der Waals surface area contributed by atoms with Gasteiger partial charge in [-0.05, 0) is 104 Å². The molecule has 0 unspecified atom stereocenters. The first kappa shape index (κ1) is 33.2. The van der Waals surface area contributed by atoms with E-state index >= 15 is 0 Å². The Hall–Kier alpha value is -7.42. The largest absolute Gasteiger partial charge is 0.310 e. The van der Waals surface area contributed by atoms with Gasteiger partial charge in [0.1, 0.15) is 0 Å². The monoisotopic (exact) mass is 714 g/mol. The lowest BCUT2D eigenvalue weighted by molar-refractivity contribution is 1.30. The van der Waals surface area contributed by atoms with Crippen molar-refractivity contribution < 1.29 is 0 Å². The zero-order valence-corrected chi connectivity index (χ0v) is 30.8. The maximum atomic E-state index is 2.41.